The van der Waals surface area contributed by atoms with Gasteiger partial charge in [0, 0.05) is 18.7 Å². The highest BCUT2D eigenvalue weighted by atomic mass is 19.1. The standard InChI is InChI=1S/C12H13F2NO2/c13-10-1-2-11(14)9(5-10)7-15-4-3-8(6-15)12(16)17/h1-2,5,8H,3-4,6-7H2,(H,16,17)/t8-/m1/s1. The predicted molar refractivity (Wildman–Crippen MR) is 57.4 cm³/mol. The maximum absolute atomic E-state index is 13.4. The second kappa shape index (κ2) is 4.79. The van der Waals surface area contributed by atoms with Crippen LogP contribution >= 0.6 is 0 Å². The molecule has 1 atom stereocenters. The van der Waals surface area contributed by atoms with E-state index in [0.717, 1.165) is 18.2 Å². The van der Waals surface area contributed by atoms with Crippen molar-refractivity contribution >= 4 is 5.97 Å². The maximum Gasteiger partial charge on any atom is 0.307 e. The number of carboxylic acid groups (broad SMARTS) is 1. The van der Waals surface area contributed by atoms with Crippen molar-refractivity contribution in [2.75, 3.05) is 13.1 Å². The molecule has 1 saturated heterocycles. The van der Waals surface area contributed by atoms with Crippen LogP contribution in [0.3, 0.4) is 0 Å². The fourth-order valence-electron chi connectivity index (χ4n) is 2.08. The molecule has 0 spiro atoms. The monoisotopic (exact) mass is 241 g/mol. The Kier molecular flexibility index (Phi) is 3.38. The van der Waals surface area contributed by atoms with Gasteiger partial charge in [-0.1, -0.05) is 0 Å². The topological polar surface area (TPSA) is 40.5 Å². The number of likely N-dealkylation sites (tertiary alicyclic amines) is 1. The highest BCUT2D eigenvalue weighted by molar-refractivity contribution is 5.70. The Morgan fingerprint density at radius 3 is 2.88 bits per heavy atom. The van der Waals surface area contributed by atoms with Gasteiger partial charge in [0.15, 0.2) is 0 Å². The molecule has 0 aliphatic carbocycles. The fraction of sp³-hybridized carbons (Fsp3) is 0.417. The average molecular weight is 241 g/mol. The number of hydrogen-bond acceptors (Lipinski definition) is 2. The van der Waals surface area contributed by atoms with Crippen LogP contribution in [0.15, 0.2) is 18.2 Å². The largest absolute Gasteiger partial charge is 0.481 e. The summed E-state index contributed by atoms with van der Waals surface area (Å²) in [4.78, 5) is 12.6. The number of nitrogens with zero attached hydrogens (tertiary/aromatic N) is 1. The number of halogens is 2. The van der Waals surface area contributed by atoms with Gasteiger partial charge in [0.1, 0.15) is 11.6 Å². The lowest BCUT2D eigenvalue weighted by molar-refractivity contribution is -0.141. The van der Waals surface area contributed by atoms with Crippen molar-refractivity contribution < 1.29 is 18.7 Å². The van der Waals surface area contributed by atoms with Crippen LogP contribution in [-0.4, -0.2) is 29.1 Å². The van der Waals surface area contributed by atoms with Gasteiger partial charge >= 0.3 is 5.97 Å². The predicted octanol–water partition coefficient (Wildman–Crippen LogP) is 1.87. The summed E-state index contributed by atoms with van der Waals surface area (Å²) < 4.78 is 26.3. The Balaban J connectivity index is 2.02. The van der Waals surface area contributed by atoms with Crippen LogP contribution in [0.5, 0.6) is 0 Å². The molecule has 0 bridgehead atoms. The van der Waals surface area contributed by atoms with E-state index >= 15 is 0 Å². The smallest absolute Gasteiger partial charge is 0.307 e. The van der Waals surface area contributed by atoms with E-state index in [0.29, 0.717) is 19.5 Å². The van der Waals surface area contributed by atoms with Crippen molar-refractivity contribution in [2.24, 2.45) is 5.92 Å². The number of aliphatic carboxylic acids is 1. The SMILES string of the molecule is O=C(O)[C@@H]1CCN(Cc2cc(F)ccc2F)C1. The third-order valence-corrected chi connectivity index (χ3v) is 3.02. The van der Waals surface area contributed by atoms with E-state index in [9.17, 15) is 13.6 Å². The molecule has 1 heterocycles. The van der Waals surface area contributed by atoms with Crippen molar-refractivity contribution in [2.45, 2.75) is 13.0 Å². The zero-order valence-corrected chi connectivity index (χ0v) is 9.20. The minimum Gasteiger partial charge on any atom is -0.481 e. The van der Waals surface area contributed by atoms with Gasteiger partial charge in [0.2, 0.25) is 0 Å². The van der Waals surface area contributed by atoms with Crippen LogP contribution < -0.4 is 0 Å². The van der Waals surface area contributed by atoms with E-state index in [1.807, 2.05) is 4.90 Å². The molecule has 1 N–H and O–H groups in total. The van der Waals surface area contributed by atoms with Gasteiger partial charge in [0.05, 0.1) is 5.92 Å². The van der Waals surface area contributed by atoms with Gasteiger partial charge in [-0.3, -0.25) is 9.69 Å². The first-order valence-electron chi connectivity index (χ1n) is 5.45. The van der Waals surface area contributed by atoms with Crippen LogP contribution in [0.1, 0.15) is 12.0 Å². The minimum atomic E-state index is -0.827. The first-order chi connectivity index (χ1) is 8.06. The van der Waals surface area contributed by atoms with Crippen molar-refractivity contribution in [1.82, 2.24) is 4.90 Å². The first kappa shape index (κ1) is 12.0. The summed E-state index contributed by atoms with van der Waals surface area (Å²) in [6, 6.07) is 3.32. The van der Waals surface area contributed by atoms with Crippen molar-refractivity contribution in [3.63, 3.8) is 0 Å². The van der Waals surface area contributed by atoms with Gasteiger partial charge in [-0.2, -0.15) is 0 Å². The number of hydrogen-bond donors (Lipinski definition) is 1. The Bertz CT molecular complexity index is 437. The number of rotatable bonds is 3. The molecular formula is C12H13F2NO2. The lowest BCUT2D eigenvalue weighted by Gasteiger charge is -2.15. The lowest BCUT2D eigenvalue weighted by atomic mass is 10.1. The molecule has 2 rings (SSSR count). The van der Waals surface area contributed by atoms with E-state index in [-0.39, 0.29) is 12.1 Å². The summed E-state index contributed by atoms with van der Waals surface area (Å²) in [5.41, 5.74) is 0.274. The second-order valence-corrected chi connectivity index (χ2v) is 4.29. The maximum atomic E-state index is 13.4. The molecule has 5 heteroatoms. The molecule has 0 saturated carbocycles. The Labute approximate surface area is 97.7 Å². The van der Waals surface area contributed by atoms with Crippen LogP contribution in [0, 0.1) is 17.6 Å². The summed E-state index contributed by atoms with van der Waals surface area (Å²) in [6.07, 6.45) is 0.562. The van der Waals surface area contributed by atoms with E-state index in [1.165, 1.54) is 0 Å². The molecule has 1 fully saturated rings. The quantitative estimate of drug-likeness (QED) is 0.878. The molecule has 17 heavy (non-hydrogen) atoms. The van der Waals surface area contributed by atoms with Crippen molar-refractivity contribution in [1.29, 1.82) is 0 Å². The summed E-state index contributed by atoms with van der Waals surface area (Å²) in [7, 11) is 0. The summed E-state index contributed by atoms with van der Waals surface area (Å²) in [5.74, 6) is -2.15. The van der Waals surface area contributed by atoms with E-state index < -0.39 is 23.5 Å². The van der Waals surface area contributed by atoms with E-state index in [2.05, 4.69) is 0 Å². The van der Waals surface area contributed by atoms with Crippen LogP contribution in [0.4, 0.5) is 8.78 Å². The molecule has 1 aromatic carbocycles. The van der Waals surface area contributed by atoms with E-state index in [1.54, 1.807) is 0 Å². The number of benzene rings is 1. The van der Waals surface area contributed by atoms with Crippen molar-refractivity contribution in [3.8, 4) is 0 Å². The van der Waals surface area contributed by atoms with Gasteiger partial charge in [-0.05, 0) is 31.2 Å². The average Bonchev–Trinajstić information content (AvgIpc) is 2.72. The van der Waals surface area contributed by atoms with Crippen LogP contribution in [0.2, 0.25) is 0 Å². The summed E-state index contributed by atoms with van der Waals surface area (Å²) in [5, 5.41) is 8.84. The molecule has 1 aromatic rings. The molecule has 92 valence electrons. The highest BCUT2D eigenvalue weighted by Gasteiger charge is 2.28. The molecule has 0 unspecified atom stereocenters. The first-order valence-corrected chi connectivity index (χ1v) is 5.45. The summed E-state index contributed by atoms with van der Waals surface area (Å²) >= 11 is 0. The molecule has 1 aliphatic rings. The fourth-order valence-corrected chi connectivity index (χ4v) is 2.08. The Morgan fingerprint density at radius 1 is 1.47 bits per heavy atom. The van der Waals surface area contributed by atoms with Crippen LogP contribution in [-0.2, 0) is 11.3 Å². The van der Waals surface area contributed by atoms with E-state index in [4.69, 9.17) is 5.11 Å². The second-order valence-electron chi connectivity index (χ2n) is 4.29. The molecular weight excluding hydrogens is 228 g/mol. The van der Waals surface area contributed by atoms with Gasteiger partial charge in [0.25, 0.3) is 0 Å². The zero-order valence-electron chi connectivity index (χ0n) is 9.20. The highest BCUT2D eigenvalue weighted by Crippen LogP contribution is 2.20. The minimum absolute atomic E-state index is 0.257. The van der Waals surface area contributed by atoms with Gasteiger partial charge in [-0.15, -0.1) is 0 Å². The third-order valence-electron chi connectivity index (χ3n) is 3.02. The Morgan fingerprint density at radius 2 is 2.24 bits per heavy atom. The number of carbonyl (C=O) groups is 1. The molecule has 1 aliphatic heterocycles. The van der Waals surface area contributed by atoms with Crippen molar-refractivity contribution in [3.05, 3.63) is 35.4 Å². The molecule has 3 nitrogen and oxygen atoms in total. The lowest BCUT2D eigenvalue weighted by Crippen LogP contribution is -2.23. The molecule has 0 aromatic heterocycles. The Hall–Kier alpha value is -1.49. The van der Waals surface area contributed by atoms with Gasteiger partial charge in [-0.25, -0.2) is 8.78 Å². The van der Waals surface area contributed by atoms with Gasteiger partial charge < -0.3 is 5.11 Å². The summed E-state index contributed by atoms with van der Waals surface area (Å²) in [6.45, 7) is 1.26. The number of carboxylic acids is 1. The normalized spacial score (nSPS) is 20.7. The third kappa shape index (κ3) is 2.79. The molecule has 0 radical (unpaired) electrons. The van der Waals surface area contributed by atoms with Crippen LogP contribution in [0.25, 0.3) is 0 Å². The molecule has 0 amide bonds. The zero-order chi connectivity index (χ0) is 12.4.